The van der Waals surface area contributed by atoms with Gasteiger partial charge in [-0.3, -0.25) is 3.97 Å². The molecule has 5 nitrogen and oxygen atoms in total. The maximum Gasteiger partial charge on any atom is 0.183 e. The molecule has 9 heteroatoms. The first kappa shape index (κ1) is 14.8. The van der Waals surface area contributed by atoms with Crippen LogP contribution >= 0.6 is 41.9 Å². The van der Waals surface area contributed by atoms with Crippen LogP contribution in [0.4, 0.5) is 10.2 Å². The lowest BCUT2D eigenvalue weighted by atomic mass is 10.2. The fraction of sp³-hybridized carbons (Fsp3) is 0.0833. The number of hydrogen-bond donors (Lipinski definition) is 1. The zero-order valence-electron chi connectivity index (χ0n) is 10.6. The summed E-state index contributed by atoms with van der Waals surface area (Å²) in [6.45, 7) is 0. The number of rotatable bonds is 3. The van der Waals surface area contributed by atoms with Gasteiger partial charge in [0, 0.05) is 60.7 Å². The van der Waals surface area contributed by atoms with Crippen molar-refractivity contribution in [3.8, 4) is 11.4 Å². The van der Waals surface area contributed by atoms with Crippen LogP contribution in [0.5, 0.6) is 0 Å². The highest BCUT2D eigenvalue weighted by atomic mass is 127. The average Bonchev–Trinajstić information content (AvgIpc) is 2.85. The van der Waals surface area contributed by atoms with E-state index in [1.165, 1.54) is 9.12 Å². The molecule has 0 radical (unpaired) electrons. The van der Waals surface area contributed by atoms with Crippen molar-refractivity contribution in [3.63, 3.8) is 0 Å². The normalized spacial score (nSPS) is 11.0. The van der Waals surface area contributed by atoms with Gasteiger partial charge in [0.25, 0.3) is 0 Å². The van der Waals surface area contributed by atoms with Crippen molar-refractivity contribution in [1.82, 2.24) is 18.9 Å². The summed E-state index contributed by atoms with van der Waals surface area (Å²) in [5, 5.41) is 4.05. The number of nitrogens with one attached hydrogen (secondary N) is 1. The van der Waals surface area contributed by atoms with Gasteiger partial charge in [-0.2, -0.15) is 0 Å². The maximum absolute atomic E-state index is 13.5. The van der Waals surface area contributed by atoms with Gasteiger partial charge in [0.05, 0.1) is 11.2 Å². The molecule has 0 aliphatic carbocycles. The predicted molar refractivity (Wildman–Crippen MR) is 92.3 cm³/mol. The molecule has 108 valence electrons. The van der Waals surface area contributed by atoms with Crippen LogP contribution in [-0.4, -0.2) is 26.0 Å². The lowest BCUT2D eigenvalue weighted by Gasteiger charge is -2.03. The van der Waals surface area contributed by atoms with Crippen LogP contribution in [0.3, 0.4) is 0 Å². The van der Waals surface area contributed by atoms with Gasteiger partial charge < -0.3 is 5.32 Å². The van der Waals surface area contributed by atoms with Crippen molar-refractivity contribution in [1.29, 1.82) is 0 Å². The Morgan fingerprint density at radius 3 is 2.90 bits per heavy atom. The van der Waals surface area contributed by atoms with E-state index in [0.717, 1.165) is 22.8 Å². The molecule has 0 bridgehead atoms. The molecule has 0 saturated heterocycles. The zero-order valence-corrected chi connectivity index (χ0v) is 14.4. The Bertz CT molecular complexity index is 825. The molecule has 21 heavy (non-hydrogen) atoms. The highest BCUT2D eigenvalue weighted by Gasteiger charge is 2.16. The zero-order chi connectivity index (χ0) is 15.0. The molecule has 0 unspecified atom stereocenters. The van der Waals surface area contributed by atoms with Crippen molar-refractivity contribution < 1.29 is 4.39 Å². The molecule has 3 aromatic rings. The molecule has 0 amide bonds. The van der Waals surface area contributed by atoms with Crippen molar-refractivity contribution in [2.24, 2.45) is 0 Å². The van der Waals surface area contributed by atoms with E-state index in [0.29, 0.717) is 10.8 Å². The highest BCUT2D eigenvalue weighted by Crippen LogP contribution is 2.33. The maximum atomic E-state index is 13.5. The Labute approximate surface area is 141 Å². The molecule has 3 heterocycles. The second-order valence-electron chi connectivity index (χ2n) is 4.10. The van der Waals surface area contributed by atoms with Crippen LogP contribution in [0.25, 0.3) is 22.4 Å². The fourth-order valence-electron chi connectivity index (χ4n) is 1.96. The van der Waals surface area contributed by atoms with Crippen LogP contribution < -0.4 is 5.32 Å². The molecule has 0 atom stereocenters. The summed E-state index contributed by atoms with van der Waals surface area (Å²) in [7, 11) is 3.08. The van der Waals surface area contributed by atoms with Crippen LogP contribution in [0, 0.1) is 5.82 Å². The first-order chi connectivity index (χ1) is 10.1. The van der Waals surface area contributed by atoms with E-state index in [1.54, 1.807) is 19.3 Å². The number of pyridine rings is 1. The second-order valence-corrected chi connectivity index (χ2v) is 6.25. The topological polar surface area (TPSA) is 55.6 Å². The van der Waals surface area contributed by atoms with Gasteiger partial charge in [-0.1, -0.05) is 11.6 Å². The van der Waals surface area contributed by atoms with E-state index in [-0.39, 0.29) is 5.82 Å². The monoisotopic (exact) mass is 435 g/mol. The van der Waals surface area contributed by atoms with E-state index in [2.05, 4.69) is 41.5 Å². The lowest BCUT2D eigenvalue weighted by Crippen LogP contribution is -1.99. The summed E-state index contributed by atoms with van der Waals surface area (Å²) in [4.78, 5) is 12.6. The van der Waals surface area contributed by atoms with Gasteiger partial charge in [-0.05, 0) is 6.07 Å². The summed E-state index contributed by atoms with van der Waals surface area (Å²) < 4.78 is 15.4. The minimum absolute atomic E-state index is 0.151. The Morgan fingerprint density at radius 1 is 1.38 bits per heavy atom. The van der Waals surface area contributed by atoms with Gasteiger partial charge in [0.2, 0.25) is 0 Å². The summed E-state index contributed by atoms with van der Waals surface area (Å²) in [6, 6.07) is 1.80. The SMILES string of the molecule is CNc1nc(-c2cn(SI)c3ncc(Cl)cc23)ncc1F. The first-order valence-corrected chi connectivity index (χ1v) is 9.49. The van der Waals surface area contributed by atoms with Gasteiger partial charge in [-0.15, -0.1) is 0 Å². The number of nitrogens with zero attached hydrogens (tertiary/aromatic N) is 4. The van der Waals surface area contributed by atoms with Crippen molar-refractivity contribution in [3.05, 3.63) is 35.5 Å². The number of hydrogen-bond acceptors (Lipinski definition) is 5. The summed E-state index contributed by atoms with van der Waals surface area (Å²) in [6.07, 6.45) is 4.59. The first-order valence-electron chi connectivity index (χ1n) is 5.80. The number of anilines is 1. The molecule has 0 aliphatic heterocycles. The van der Waals surface area contributed by atoms with Crippen molar-refractivity contribution >= 4 is 58.8 Å². The van der Waals surface area contributed by atoms with E-state index in [1.807, 2.05) is 10.2 Å². The molecule has 0 fully saturated rings. The molecule has 3 rings (SSSR count). The third-order valence-corrected chi connectivity index (χ3v) is 4.78. The molecule has 0 saturated carbocycles. The van der Waals surface area contributed by atoms with Gasteiger partial charge >= 0.3 is 0 Å². The summed E-state index contributed by atoms with van der Waals surface area (Å²) in [5.41, 5.74) is 1.51. The van der Waals surface area contributed by atoms with Crippen LogP contribution in [-0.2, 0) is 0 Å². The smallest absolute Gasteiger partial charge is 0.183 e. The molecule has 0 spiro atoms. The standard InChI is InChI=1S/C12H8ClFIN5S/c1-16-11-9(14)4-17-10(19-11)8-5-20(21-15)12-7(8)2-6(13)3-18-12/h2-5H,1H3,(H,16,17,19). The minimum atomic E-state index is -0.496. The van der Waals surface area contributed by atoms with Gasteiger partial charge in [0.15, 0.2) is 23.1 Å². The van der Waals surface area contributed by atoms with E-state index >= 15 is 0 Å². The summed E-state index contributed by atoms with van der Waals surface area (Å²) >= 11 is 8.18. The van der Waals surface area contributed by atoms with E-state index in [4.69, 9.17) is 11.6 Å². The Morgan fingerprint density at radius 2 is 2.19 bits per heavy atom. The lowest BCUT2D eigenvalue weighted by molar-refractivity contribution is 0.619. The van der Waals surface area contributed by atoms with Crippen LogP contribution in [0.15, 0.2) is 24.7 Å². The molecule has 0 aliphatic rings. The number of aromatic nitrogens is 4. The Hall–Kier alpha value is -1.13. The Kier molecular flexibility index (Phi) is 4.18. The molecular formula is C12H8ClFIN5S. The highest BCUT2D eigenvalue weighted by molar-refractivity contribution is 14.2. The molecule has 1 N–H and O–H groups in total. The molecule has 3 aromatic heterocycles. The Balaban J connectivity index is 2.26. The third kappa shape index (κ3) is 2.67. The van der Waals surface area contributed by atoms with Gasteiger partial charge in [-0.25, -0.2) is 19.3 Å². The number of fused-ring (bicyclic) bond motifs is 1. The van der Waals surface area contributed by atoms with E-state index in [9.17, 15) is 4.39 Å². The average molecular weight is 436 g/mol. The minimum Gasteiger partial charge on any atom is -0.371 e. The van der Waals surface area contributed by atoms with Gasteiger partial charge in [0.1, 0.15) is 0 Å². The fourth-order valence-corrected chi connectivity index (χ4v) is 3.37. The molecular weight excluding hydrogens is 428 g/mol. The summed E-state index contributed by atoms with van der Waals surface area (Å²) in [5.74, 6) is 0.0708. The van der Waals surface area contributed by atoms with Crippen LogP contribution in [0.1, 0.15) is 0 Å². The quantitative estimate of drug-likeness (QED) is 0.626. The van der Waals surface area contributed by atoms with Crippen LogP contribution in [0.2, 0.25) is 5.02 Å². The second kappa shape index (κ2) is 5.93. The predicted octanol–water partition coefficient (Wildman–Crippen LogP) is 4.17. The molecule has 0 aromatic carbocycles. The van der Waals surface area contributed by atoms with Crippen molar-refractivity contribution in [2.75, 3.05) is 12.4 Å². The van der Waals surface area contributed by atoms with Crippen molar-refractivity contribution in [2.45, 2.75) is 0 Å². The number of halogens is 3. The van der Waals surface area contributed by atoms with E-state index < -0.39 is 5.82 Å². The largest absolute Gasteiger partial charge is 0.371 e. The third-order valence-electron chi connectivity index (χ3n) is 2.87.